The van der Waals surface area contributed by atoms with Crippen molar-refractivity contribution in [2.24, 2.45) is 0 Å². The molecule has 1 amide bonds. The number of fused-ring (bicyclic) bond motifs is 1. The Kier molecular flexibility index (Phi) is 3.90. The Morgan fingerprint density at radius 3 is 3.09 bits per heavy atom. The van der Waals surface area contributed by atoms with Crippen LogP contribution in [0.3, 0.4) is 0 Å². The molecule has 1 fully saturated rings. The maximum absolute atomic E-state index is 11.1. The van der Waals surface area contributed by atoms with E-state index in [-0.39, 0.29) is 11.6 Å². The monoisotopic (exact) mass is 306 g/mol. The first kappa shape index (κ1) is 15.0. The minimum atomic E-state index is -0.898. The highest BCUT2D eigenvalue weighted by molar-refractivity contribution is 5.65. The van der Waals surface area contributed by atoms with Crippen LogP contribution in [-0.4, -0.2) is 50.9 Å². The summed E-state index contributed by atoms with van der Waals surface area (Å²) in [7, 11) is 0. The van der Waals surface area contributed by atoms with Gasteiger partial charge in [-0.05, 0) is 38.7 Å². The third kappa shape index (κ3) is 3.30. The lowest BCUT2D eigenvalue weighted by molar-refractivity contribution is -0.0554. The van der Waals surface area contributed by atoms with Crippen LogP contribution in [0.4, 0.5) is 10.7 Å². The van der Waals surface area contributed by atoms with Gasteiger partial charge in [0.05, 0.1) is 17.8 Å². The molecule has 0 aliphatic carbocycles. The molecular weight excluding hydrogens is 284 g/mol. The SMILES string of the molecule is CC1(C)CC(Nc2ncc3c(n2)CN(C(=O)O)CC3)CCO1. The number of nitrogens with zero attached hydrogens (tertiary/aromatic N) is 3. The van der Waals surface area contributed by atoms with Crippen LogP contribution in [0.25, 0.3) is 0 Å². The predicted octanol–water partition coefficient (Wildman–Crippen LogP) is 1.88. The van der Waals surface area contributed by atoms with Crippen molar-refractivity contribution < 1.29 is 14.6 Å². The second-order valence-corrected chi connectivity index (χ2v) is 6.56. The summed E-state index contributed by atoms with van der Waals surface area (Å²) < 4.78 is 5.71. The van der Waals surface area contributed by atoms with E-state index < -0.39 is 6.09 Å². The van der Waals surface area contributed by atoms with Crippen LogP contribution < -0.4 is 5.32 Å². The van der Waals surface area contributed by atoms with Gasteiger partial charge >= 0.3 is 6.09 Å². The smallest absolute Gasteiger partial charge is 0.407 e. The largest absolute Gasteiger partial charge is 0.465 e. The number of aromatic nitrogens is 2. The van der Waals surface area contributed by atoms with Gasteiger partial charge in [-0.1, -0.05) is 0 Å². The molecule has 2 aliphatic heterocycles. The second kappa shape index (κ2) is 5.72. The van der Waals surface area contributed by atoms with Gasteiger partial charge in [-0.2, -0.15) is 0 Å². The van der Waals surface area contributed by atoms with Gasteiger partial charge < -0.3 is 20.1 Å². The van der Waals surface area contributed by atoms with Crippen LogP contribution in [-0.2, 0) is 17.7 Å². The molecule has 2 N–H and O–H groups in total. The molecule has 120 valence electrons. The van der Waals surface area contributed by atoms with E-state index in [2.05, 4.69) is 29.1 Å². The molecule has 3 heterocycles. The number of rotatable bonds is 2. The van der Waals surface area contributed by atoms with Gasteiger partial charge in [0, 0.05) is 25.4 Å². The molecule has 22 heavy (non-hydrogen) atoms. The molecule has 1 aromatic heterocycles. The van der Waals surface area contributed by atoms with E-state index in [9.17, 15) is 4.79 Å². The number of carbonyl (C=O) groups is 1. The van der Waals surface area contributed by atoms with E-state index in [4.69, 9.17) is 9.84 Å². The lowest BCUT2D eigenvalue weighted by Gasteiger charge is -2.36. The van der Waals surface area contributed by atoms with Crippen LogP contribution in [0.15, 0.2) is 6.20 Å². The highest BCUT2D eigenvalue weighted by Gasteiger charge is 2.29. The summed E-state index contributed by atoms with van der Waals surface area (Å²) in [5.41, 5.74) is 1.71. The van der Waals surface area contributed by atoms with Crippen molar-refractivity contribution in [3.05, 3.63) is 17.5 Å². The Morgan fingerprint density at radius 2 is 2.36 bits per heavy atom. The number of hydrogen-bond donors (Lipinski definition) is 2. The van der Waals surface area contributed by atoms with Crippen molar-refractivity contribution in [2.75, 3.05) is 18.5 Å². The van der Waals surface area contributed by atoms with Crippen LogP contribution in [0.2, 0.25) is 0 Å². The maximum Gasteiger partial charge on any atom is 0.407 e. The Bertz CT molecular complexity index is 576. The number of amides is 1. The zero-order chi connectivity index (χ0) is 15.7. The lowest BCUT2D eigenvalue weighted by Crippen LogP contribution is -2.40. The quantitative estimate of drug-likeness (QED) is 0.867. The second-order valence-electron chi connectivity index (χ2n) is 6.56. The molecule has 7 nitrogen and oxygen atoms in total. The third-order valence-corrected chi connectivity index (χ3v) is 4.25. The molecule has 0 bridgehead atoms. The van der Waals surface area contributed by atoms with Crippen molar-refractivity contribution >= 4 is 12.0 Å². The molecule has 0 saturated carbocycles. The van der Waals surface area contributed by atoms with Crippen molar-refractivity contribution in [1.82, 2.24) is 14.9 Å². The maximum atomic E-state index is 11.1. The molecule has 1 aromatic rings. The summed E-state index contributed by atoms with van der Waals surface area (Å²) in [6, 6.07) is 0.279. The summed E-state index contributed by atoms with van der Waals surface area (Å²) in [4.78, 5) is 21.4. The predicted molar refractivity (Wildman–Crippen MR) is 80.8 cm³/mol. The van der Waals surface area contributed by atoms with E-state index in [0.29, 0.717) is 25.5 Å². The van der Waals surface area contributed by atoms with Gasteiger partial charge in [0.15, 0.2) is 0 Å². The topological polar surface area (TPSA) is 87.6 Å². The average Bonchev–Trinajstić information content (AvgIpc) is 2.45. The summed E-state index contributed by atoms with van der Waals surface area (Å²) >= 11 is 0. The van der Waals surface area contributed by atoms with Crippen molar-refractivity contribution in [2.45, 2.75) is 51.3 Å². The fourth-order valence-corrected chi connectivity index (χ4v) is 3.07. The highest BCUT2D eigenvalue weighted by atomic mass is 16.5. The molecule has 0 spiro atoms. The Hall–Kier alpha value is -1.89. The van der Waals surface area contributed by atoms with Crippen molar-refractivity contribution in [3.8, 4) is 0 Å². The van der Waals surface area contributed by atoms with E-state index in [1.165, 1.54) is 4.90 Å². The Balaban J connectivity index is 1.71. The summed E-state index contributed by atoms with van der Waals surface area (Å²) in [6.07, 6.45) is 3.41. The lowest BCUT2D eigenvalue weighted by atomic mass is 9.94. The summed E-state index contributed by atoms with van der Waals surface area (Å²) in [5.74, 6) is 0.577. The molecule has 7 heteroatoms. The number of hydrogen-bond acceptors (Lipinski definition) is 5. The summed E-state index contributed by atoms with van der Waals surface area (Å²) in [5, 5.41) is 12.5. The third-order valence-electron chi connectivity index (χ3n) is 4.25. The van der Waals surface area contributed by atoms with E-state index >= 15 is 0 Å². The zero-order valence-corrected chi connectivity index (χ0v) is 13.0. The first-order valence-corrected chi connectivity index (χ1v) is 7.66. The van der Waals surface area contributed by atoms with E-state index in [1.54, 1.807) is 0 Å². The van der Waals surface area contributed by atoms with E-state index in [0.717, 1.165) is 30.7 Å². The fraction of sp³-hybridized carbons (Fsp3) is 0.667. The first-order chi connectivity index (χ1) is 10.4. The zero-order valence-electron chi connectivity index (χ0n) is 13.0. The normalized spacial score (nSPS) is 23.7. The van der Waals surface area contributed by atoms with Crippen LogP contribution in [0.1, 0.15) is 37.9 Å². The van der Waals surface area contributed by atoms with Gasteiger partial charge in [0.1, 0.15) is 0 Å². The van der Waals surface area contributed by atoms with Crippen LogP contribution in [0, 0.1) is 0 Å². The van der Waals surface area contributed by atoms with Gasteiger partial charge in [-0.15, -0.1) is 0 Å². The number of anilines is 1. The van der Waals surface area contributed by atoms with Gasteiger partial charge in [0.25, 0.3) is 0 Å². The van der Waals surface area contributed by atoms with E-state index in [1.807, 2.05) is 6.20 Å². The summed E-state index contributed by atoms with van der Waals surface area (Å²) in [6.45, 7) is 5.73. The average molecular weight is 306 g/mol. The molecule has 1 atom stereocenters. The minimum Gasteiger partial charge on any atom is -0.465 e. The number of ether oxygens (including phenoxy) is 1. The Morgan fingerprint density at radius 1 is 1.55 bits per heavy atom. The van der Waals surface area contributed by atoms with Crippen LogP contribution >= 0.6 is 0 Å². The number of carboxylic acid groups (broad SMARTS) is 1. The highest BCUT2D eigenvalue weighted by Crippen LogP contribution is 2.26. The number of nitrogens with one attached hydrogen (secondary N) is 1. The molecule has 0 aromatic carbocycles. The standard InChI is InChI=1S/C15H22N4O3/c1-15(2)7-11(4-6-22-15)17-13-16-8-10-3-5-19(14(20)21)9-12(10)18-13/h8,11H,3-7,9H2,1-2H3,(H,20,21)(H,16,17,18). The fourth-order valence-electron chi connectivity index (χ4n) is 3.07. The van der Waals surface area contributed by atoms with Gasteiger partial charge in [0.2, 0.25) is 5.95 Å². The van der Waals surface area contributed by atoms with Crippen molar-refractivity contribution in [3.63, 3.8) is 0 Å². The molecule has 2 aliphatic rings. The van der Waals surface area contributed by atoms with Gasteiger partial charge in [-0.3, -0.25) is 0 Å². The first-order valence-electron chi connectivity index (χ1n) is 7.66. The molecule has 3 rings (SSSR count). The molecule has 0 radical (unpaired) electrons. The van der Waals surface area contributed by atoms with Crippen molar-refractivity contribution in [1.29, 1.82) is 0 Å². The van der Waals surface area contributed by atoms with Crippen LogP contribution in [0.5, 0.6) is 0 Å². The molecule has 1 unspecified atom stereocenters. The Labute approximate surface area is 129 Å². The molecular formula is C15H22N4O3. The molecule has 1 saturated heterocycles. The van der Waals surface area contributed by atoms with Gasteiger partial charge in [-0.25, -0.2) is 14.8 Å². The minimum absolute atomic E-state index is 0.135.